The molecule has 0 aromatic heterocycles. The van der Waals surface area contributed by atoms with Crippen LogP contribution in [0.3, 0.4) is 0 Å². The van der Waals surface area contributed by atoms with Crippen molar-refractivity contribution < 1.29 is 4.79 Å². The summed E-state index contributed by atoms with van der Waals surface area (Å²) in [6, 6.07) is 10.3. The van der Waals surface area contributed by atoms with Crippen LogP contribution in [0.2, 0.25) is 0 Å². The lowest BCUT2D eigenvalue weighted by molar-refractivity contribution is -0.128. The maximum atomic E-state index is 11.7. The van der Waals surface area contributed by atoms with Gasteiger partial charge in [0.05, 0.1) is 0 Å². The first-order valence-electron chi connectivity index (χ1n) is 7.70. The molecule has 0 aliphatic carbocycles. The molecule has 1 aromatic rings. The van der Waals surface area contributed by atoms with Gasteiger partial charge in [-0.15, -0.1) is 24.0 Å². The number of benzene rings is 1. The van der Waals surface area contributed by atoms with Gasteiger partial charge in [-0.2, -0.15) is 0 Å². The summed E-state index contributed by atoms with van der Waals surface area (Å²) in [7, 11) is 1.74. The molecule has 1 rings (SSSR count). The van der Waals surface area contributed by atoms with Crippen molar-refractivity contribution in [3.8, 4) is 0 Å². The van der Waals surface area contributed by atoms with Crippen molar-refractivity contribution in [1.82, 2.24) is 16.0 Å². The van der Waals surface area contributed by atoms with E-state index in [-0.39, 0.29) is 35.3 Å². The third kappa shape index (κ3) is 9.43. The Morgan fingerprint density at radius 2 is 1.57 bits per heavy atom. The first kappa shape index (κ1) is 21.7. The van der Waals surface area contributed by atoms with Gasteiger partial charge < -0.3 is 16.0 Å². The van der Waals surface area contributed by atoms with Crippen LogP contribution in [-0.2, 0) is 11.2 Å². The molecule has 0 unspecified atom stereocenters. The Balaban J connectivity index is 0.00000484. The topological polar surface area (TPSA) is 65.5 Å². The van der Waals surface area contributed by atoms with E-state index in [4.69, 9.17) is 0 Å². The summed E-state index contributed by atoms with van der Waals surface area (Å²) in [5, 5.41) is 9.35. The second kappa shape index (κ2) is 11.3. The predicted octanol–water partition coefficient (Wildman–Crippen LogP) is 2.17. The minimum absolute atomic E-state index is 0. The third-order valence-electron chi connectivity index (χ3n) is 3.16. The van der Waals surface area contributed by atoms with Crippen LogP contribution in [0.15, 0.2) is 35.3 Å². The Labute approximate surface area is 156 Å². The van der Waals surface area contributed by atoms with Crippen LogP contribution in [0.25, 0.3) is 0 Å². The Morgan fingerprint density at radius 1 is 1.00 bits per heavy atom. The summed E-state index contributed by atoms with van der Waals surface area (Å²) in [5.74, 6) is 0.808. The van der Waals surface area contributed by atoms with Gasteiger partial charge in [0.2, 0.25) is 5.91 Å². The van der Waals surface area contributed by atoms with Gasteiger partial charge in [0.25, 0.3) is 0 Å². The quantitative estimate of drug-likeness (QED) is 0.280. The highest BCUT2D eigenvalue weighted by Crippen LogP contribution is 2.11. The number of nitrogens with one attached hydrogen (secondary N) is 3. The van der Waals surface area contributed by atoms with E-state index in [1.807, 2.05) is 39.0 Å². The van der Waals surface area contributed by atoms with Crippen molar-refractivity contribution >= 4 is 35.8 Å². The standard InChI is InChI=1S/C17H28N4O.HI/c1-17(2,3)15(22)19-12-13-21-16(18-4)20-11-10-14-8-6-5-7-9-14;/h5-9H,10-13H2,1-4H3,(H,19,22)(H2,18,20,21);1H. The molecule has 1 amide bonds. The lowest BCUT2D eigenvalue weighted by atomic mass is 9.96. The van der Waals surface area contributed by atoms with Crippen molar-refractivity contribution in [2.75, 3.05) is 26.7 Å². The van der Waals surface area contributed by atoms with E-state index in [1.54, 1.807) is 7.05 Å². The van der Waals surface area contributed by atoms with Crippen LogP contribution in [0.5, 0.6) is 0 Å². The molecule has 1 aromatic carbocycles. The van der Waals surface area contributed by atoms with Crippen LogP contribution in [0, 0.1) is 5.41 Å². The van der Waals surface area contributed by atoms with Crippen molar-refractivity contribution in [3.63, 3.8) is 0 Å². The number of carbonyl (C=O) groups excluding carboxylic acids is 1. The summed E-state index contributed by atoms with van der Waals surface area (Å²) in [6.07, 6.45) is 0.947. The number of hydrogen-bond donors (Lipinski definition) is 3. The molecule has 0 aliphatic heterocycles. The molecule has 23 heavy (non-hydrogen) atoms. The molecule has 0 atom stereocenters. The number of aliphatic imine (C=N–C) groups is 1. The van der Waals surface area contributed by atoms with Crippen molar-refractivity contribution in [2.45, 2.75) is 27.2 Å². The van der Waals surface area contributed by atoms with Gasteiger partial charge in [-0.25, -0.2) is 0 Å². The highest BCUT2D eigenvalue weighted by Gasteiger charge is 2.20. The van der Waals surface area contributed by atoms with E-state index in [1.165, 1.54) is 5.56 Å². The summed E-state index contributed by atoms with van der Waals surface area (Å²) in [5.41, 5.74) is 0.943. The van der Waals surface area contributed by atoms with Crippen LogP contribution in [0.1, 0.15) is 26.3 Å². The fourth-order valence-electron chi connectivity index (χ4n) is 1.81. The molecule has 0 fully saturated rings. The molecule has 130 valence electrons. The van der Waals surface area contributed by atoms with E-state index in [9.17, 15) is 4.79 Å². The molecule has 0 heterocycles. The largest absolute Gasteiger partial charge is 0.356 e. The molecular weight excluding hydrogens is 403 g/mol. The van der Waals surface area contributed by atoms with Gasteiger partial charge in [0, 0.05) is 32.1 Å². The number of rotatable bonds is 6. The smallest absolute Gasteiger partial charge is 0.225 e. The molecule has 3 N–H and O–H groups in total. The molecule has 0 saturated heterocycles. The SMILES string of the molecule is CN=C(NCCNC(=O)C(C)(C)C)NCCc1ccccc1.I. The average molecular weight is 432 g/mol. The summed E-state index contributed by atoms with van der Waals surface area (Å²) >= 11 is 0. The van der Waals surface area contributed by atoms with Crippen molar-refractivity contribution in [2.24, 2.45) is 10.4 Å². The number of carbonyl (C=O) groups is 1. The highest BCUT2D eigenvalue weighted by molar-refractivity contribution is 14.0. The normalized spacial score (nSPS) is 11.4. The lowest BCUT2D eigenvalue weighted by Gasteiger charge is -2.18. The third-order valence-corrected chi connectivity index (χ3v) is 3.16. The number of guanidine groups is 1. The zero-order chi connectivity index (χ0) is 16.4. The monoisotopic (exact) mass is 432 g/mol. The van der Waals surface area contributed by atoms with Gasteiger partial charge in [-0.1, -0.05) is 51.1 Å². The van der Waals surface area contributed by atoms with E-state index < -0.39 is 0 Å². The Bertz CT molecular complexity index is 483. The molecule has 0 bridgehead atoms. The van der Waals surface area contributed by atoms with Gasteiger partial charge in [0.1, 0.15) is 0 Å². The molecule has 5 nitrogen and oxygen atoms in total. The summed E-state index contributed by atoms with van der Waals surface area (Å²) in [4.78, 5) is 15.9. The average Bonchev–Trinajstić information content (AvgIpc) is 2.49. The predicted molar refractivity (Wildman–Crippen MR) is 107 cm³/mol. The number of nitrogens with zero attached hydrogens (tertiary/aromatic N) is 1. The second-order valence-corrected chi connectivity index (χ2v) is 6.17. The van der Waals surface area contributed by atoms with Gasteiger partial charge in [-0.05, 0) is 12.0 Å². The fraction of sp³-hybridized carbons (Fsp3) is 0.529. The van der Waals surface area contributed by atoms with Crippen LogP contribution < -0.4 is 16.0 Å². The lowest BCUT2D eigenvalue weighted by Crippen LogP contribution is -2.43. The number of amides is 1. The molecular formula is C17H29IN4O. The Kier molecular flexibility index (Phi) is 10.6. The van der Waals surface area contributed by atoms with E-state index in [0.717, 1.165) is 18.9 Å². The van der Waals surface area contributed by atoms with Crippen LogP contribution >= 0.6 is 24.0 Å². The van der Waals surface area contributed by atoms with Gasteiger partial charge in [0.15, 0.2) is 5.96 Å². The van der Waals surface area contributed by atoms with Crippen molar-refractivity contribution in [3.05, 3.63) is 35.9 Å². The van der Waals surface area contributed by atoms with E-state index in [2.05, 4.69) is 33.1 Å². The van der Waals surface area contributed by atoms with Crippen LogP contribution in [-0.4, -0.2) is 38.5 Å². The maximum Gasteiger partial charge on any atom is 0.225 e. The molecule has 0 aliphatic rings. The first-order valence-corrected chi connectivity index (χ1v) is 7.70. The zero-order valence-electron chi connectivity index (χ0n) is 14.5. The number of hydrogen-bond acceptors (Lipinski definition) is 2. The van der Waals surface area contributed by atoms with E-state index in [0.29, 0.717) is 13.1 Å². The second-order valence-electron chi connectivity index (χ2n) is 6.17. The Morgan fingerprint density at radius 3 is 2.13 bits per heavy atom. The summed E-state index contributed by atoms with van der Waals surface area (Å²) in [6.45, 7) is 7.75. The minimum Gasteiger partial charge on any atom is -0.356 e. The van der Waals surface area contributed by atoms with Crippen molar-refractivity contribution in [1.29, 1.82) is 0 Å². The number of halogens is 1. The fourth-order valence-corrected chi connectivity index (χ4v) is 1.81. The Hall–Kier alpha value is -1.31. The van der Waals surface area contributed by atoms with Gasteiger partial charge in [-0.3, -0.25) is 9.79 Å². The molecule has 0 saturated carbocycles. The molecule has 0 spiro atoms. The van der Waals surface area contributed by atoms with Gasteiger partial charge >= 0.3 is 0 Å². The minimum atomic E-state index is -0.352. The van der Waals surface area contributed by atoms with E-state index >= 15 is 0 Å². The molecule has 6 heteroatoms. The highest BCUT2D eigenvalue weighted by atomic mass is 127. The zero-order valence-corrected chi connectivity index (χ0v) is 16.8. The maximum absolute atomic E-state index is 11.7. The van der Waals surface area contributed by atoms with Crippen LogP contribution in [0.4, 0.5) is 0 Å². The molecule has 0 radical (unpaired) electrons. The first-order chi connectivity index (χ1) is 10.4. The summed E-state index contributed by atoms with van der Waals surface area (Å²) < 4.78 is 0.